The zero-order valence-corrected chi connectivity index (χ0v) is 18.7. The Hall–Kier alpha value is -3.62. The van der Waals surface area contributed by atoms with Gasteiger partial charge in [-0.15, -0.1) is 0 Å². The minimum absolute atomic E-state index is 0.211. The summed E-state index contributed by atoms with van der Waals surface area (Å²) in [4.78, 5) is 39.8. The lowest BCUT2D eigenvalue weighted by molar-refractivity contribution is -0.110. The minimum Gasteiger partial charge on any atom is -0.444 e. The van der Waals surface area contributed by atoms with Gasteiger partial charge in [-0.05, 0) is 64.5 Å². The predicted molar refractivity (Wildman–Crippen MR) is 120 cm³/mol. The Morgan fingerprint density at radius 3 is 2.53 bits per heavy atom. The van der Waals surface area contributed by atoms with Crippen molar-refractivity contribution in [3.05, 3.63) is 52.1 Å². The molecule has 0 saturated carbocycles. The van der Waals surface area contributed by atoms with Crippen LogP contribution in [0.1, 0.15) is 53.6 Å². The Kier molecular flexibility index (Phi) is 6.38. The number of ether oxygens (including phenoxy) is 1. The van der Waals surface area contributed by atoms with E-state index in [2.05, 4.69) is 20.9 Å². The molecule has 1 aromatic heterocycles. The molecule has 1 aliphatic rings. The van der Waals surface area contributed by atoms with E-state index in [0.29, 0.717) is 39.3 Å². The summed E-state index contributed by atoms with van der Waals surface area (Å²) in [7, 11) is 0. The molecule has 0 unspecified atom stereocenters. The number of hydrogen-bond acceptors (Lipinski definition) is 4. The Morgan fingerprint density at radius 1 is 1.16 bits per heavy atom. The molecule has 1 aliphatic heterocycles. The summed E-state index contributed by atoms with van der Waals surface area (Å²) >= 11 is 0. The molecule has 3 amide bonds. The first kappa shape index (κ1) is 23.1. The minimum atomic E-state index is -0.597. The molecule has 9 heteroatoms. The SMILES string of the molecule is Cc1[nH]c(/C=C2\C(=O)Nc3ccc(F)cc32)c(C)c1C(=O)NCCNC(=O)OC(C)(C)C. The van der Waals surface area contributed by atoms with E-state index < -0.39 is 17.5 Å². The molecule has 0 saturated heterocycles. The van der Waals surface area contributed by atoms with E-state index in [1.54, 1.807) is 40.7 Å². The normalized spacial score (nSPS) is 14.2. The zero-order chi connectivity index (χ0) is 23.6. The van der Waals surface area contributed by atoms with Crippen molar-refractivity contribution in [2.45, 2.75) is 40.2 Å². The number of carbonyl (C=O) groups is 3. The van der Waals surface area contributed by atoms with Crippen LogP contribution >= 0.6 is 0 Å². The summed E-state index contributed by atoms with van der Waals surface area (Å²) in [5.74, 6) is -1.09. The smallest absolute Gasteiger partial charge is 0.407 e. The number of aromatic nitrogens is 1. The second kappa shape index (κ2) is 8.86. The van der Waals surface area contributed by atoms with Crippen molar-refractivity contribution in [3.63, 3.8) is 0 Å². The van der Waals surface area contributed by atoms with Crippen molar-refractivity contribution >= 4 is 35.2 Å². The second-order valence-electron chi connectivity index (χ2n) is 8.55. The Labute approximate surface area is 185 Å². The maximum absolute atomic E-state index is 13.7. The van der Waals surface area contributed by atoms with Crippen LogP contribution in [0.2, 0.25) is 0 Å². The molecule has 170 valence electrons. The first-order valence-corrected chi connectivity index (χ1v) is 10.2. The lowest BCUT2D eigenvalue weighted by Crippen LogP contribution is -2.38. The van der Waals surface area contributed by atoms with Gasteiger partial charge in [0.15, 0.2) is 0 Å². The highest BCUT2D eigenvalue weighted by Gasteiger charge is 2.26. The van der Waals surface area contributed by atoms with Crippen LogP contribution in [-0.4, -0.2) is 41.6 Å². The van der Waals surface area contributed by atoms with Crippen molar-refractivity contribution in [1.82, 2.24) is 15.6 Å². The molecular weight excluding hydrogens is 415 g/mol. The Bertz CT molecular complexity index is 1110. The number of hydrogen-bond donors (Lipinski definition) is 4. The van der Waals surface area contributed by atoms with E-state index in [0.717, 1.165) is 0 Å². The van der Waals surface area contributed by atoms with Crippen molar-refractivity contribution in [2.24, 2.45) is 0 Å². The molecule has 0 bridgehead atoms. The highest BCUT2D eigenvalue weighted by Crippen LogP contribution is 2.34. The molecule has 0 radical (unpaired) electrons. The van der Waals surface area contributed by atoms with Crippen LogP contribution in [0.15, 0.2) is 18.2 Å². The van der Waals surface area contributed by atoms with Gasteiger partial charge >= 0.3 is 6.09 Å². The van der Waals surface area contributed by atoms with Crippen molar-refractivity contribution in [3.8, 4) is 0 Å². The third-order valence-corrected chi connectivity index (χ3v) is 4.84. The topological polar surface area (TPSA) is 112 Å². The van der Waals surface area contributed by atoms with Gasteiger partial charge in [0, 0.05) is 35.7 Å². The maximum Gasteiger partial charge on any atom is 0.407 e. The standard InChI is InChI=1S/C23H27FN4O4/c1-12-18(11-16-15-10-14(24)6-7-17(15)28-20(16)29)27-13(2)19(12)21(30)25-8-9-26-22(31)32-23(3,4)5/h6-7,10-11,27H,8-9H2,1-5H3,(H,25,30)(H,26,31)(H,28,29)/b16-11-. The summed E-state index contributed by atoms with van der Waals surface area (Å²) in [6, 6.07) is 4.10. The lowest BCUT2D eigenvalue weighted by Gasteiger charge is -2.19. The lowest BCUT2D eigenvalue weighted by atomic mass is 10.0. The molecule has 3 rings (SSSR count). The molecule has 0 atom stereocenters. The van der Waals surface area contributed by atoms with Crippen LogP contribution in [0.25, 0.3) is 11.6 Å². The molecular formula is C23H27FN4O4. The third kappa shape index (κ3) is 5.16. The molecule has 2 heterocycles. The fourth-order valence-electron chi connectivity index (χ4n) is 3.45. The fourth-order valence-corrected chi connectivity index (χ4v) is 3.45. The number of benzene rings is 1. The van der Waals surface area contributed by atoms with Crippen LogP contribution in [0.3, 0.4) is 0 Å². The van der Waals surface area contributed by atoms with Gasteiger partial charge in [0.25, 0.3) is 11.8 Å². The van der Waals surface area contributed by atoms with Crippen LogP contribution in [0.5, 0.6) is 0 Å². The van der Waals surface area contributed by atoms with Crippen LogP contribution < -0.4 is 16.0 Å². The van der Waals surface area contributed by atoms with Gasteiger partial charge in [0.05, 0.1) is 11.1 Å². The first-order chi connectivity index (χ1) is 15.0. The van der Waals surface area contributed by atoms with Gasteiger partial charge in [-0.3, -0.25) is 9.59 Å². The van der Waals surface area contributed by atoms with Crippen LogP contribution in [-0.2, 0) is 9.53 Å². The monoisotopic (exact) mass is 442 g/mol. The molecule has 1 aromatic carbocycles. The number of carbonyl (C=O) groups excluding carboxylic acids is 3. The molecule has 0 aliphatic carbocycles. The molecule has 4 N–H and O–H groups in total. The summed E-state index contributed by atoms with van der Waals surface area (Å²) < 4.78 is 18.8. The summed E-state index contributed by atoms with van der Waals surface area (Å²) in [5.41, 5.74) is 3.06. The number of H-pyrrole nitrogens is 1. The molecule has 8 nitrogen and oxygen atoms in total. The summed E-state index contributed by atoms with van der Waals surface area (Å²) in [6.45, 7) is 9.25. The average Bonchev–Trinajstić information content (AvgIpc) is 3.13. The van der Waals surface area contributed by atoms with Gasteiger partial charge in [-0.1, -0.05) is 0 Å². The number of alkyl carbamates (subject to hydrolysis) is 1. The fraction of sp³-hybridized carbons (Fsp3) is 0.348. The van der Waals surface area contributed by atoms with E-state index >= 15 is 0 Å². The van der Waals surface area contributed by atoms with Crippen molar-refractivity contribution in [1.29, 1.82) is 0 Å². The van der Waals surface area contributed by atoms with E-state index in [1.165, 1.54) is 18.2 Å². The average molecular weight is 442 g/mol. The van der Waals surface area contributed by atoms with Crippen molar-refractivity contribution < 1.29 is 23.5 Å². The molecule has 0 fully saturated rings. The second-order valence-corrected chi connectivity index (χ2v) is 8.55. The van der Waals surface area contributed by atoms with Gasteiger partial charge in [-0.2, -0.15) is 0 Å². The number of anilines is 1. The number of rotatable bonds is 5. The first-order valence-electron chi connectivity index (χ1n) is 10.2. The van der Waals surface area contributed by atoms with E-state index in [4.69, 9.17) is 4.74 Å². The van der Waals surface area contributed by atoms with E-state index in [-0.39, 0.29) is 24.9 Å². The Balaban J connectivity index is 1.70. The number of fused-ring (bicyclic) bond motifs is 1. The molecule has 0 spiro atoms. The third-order valence-electron chi connectivity index (χ3n) is 4.84. The van der Waals surface area contributed by atoms with Gasteiger partial charge in [0.2, 0.25) is 0 Å². The van der Waals surface area contributed by atoms with Crippen LogP contribution in [0.4, 0.5) is 14.9 Å². The number of halogens is 1. The quantitative estimate of drug-likeness (QED) is 0.419. The van der Waals surface area contributed by atoms with Crippen molar-refractivity contribution in [2.75, 3.05) is 18.4 Å². The number of aryl methyl sites for hydroxylation is 1. The molecule has 2 aromatic rings. The van der Waals surface area contributed by atoms with Gasteiger partial charge in [0.1, 0.15) is 11.4 Å². The largest absolute Gasteiger partial charge is 0.444 e. The highest BCUT2D eigenvalue weighted by atomic mass is 19.1. The van der Waals surface area contributed by atoms with Gasteiger partial charge < -0.3 is 25.7 Å². The summed E-state index contributed by atoms with van der Waals surface area (Å²) in [5, 5.41) is 8.04. The number of nitrogens with one attached hydrogen (secondary N) is 4. The maximum atomic E-state index is 13.7. The van der Waals surface area contributed by atoms with E-state index in [1.807, 2.05) is 0 Å². The number of amides is 3. The van der Waals surface area contributed by atoms with Crippen LogP contribution in [0, 0.1) is 19.7 Å². The zero-order valence-electron chi connectivity index (χ0n) is 18.7. The van der Waals surface area contributed by atoms with Gasteiger partial charge in [-0.25, -0.2) is 9.18 Å². The molecule has 32 heavy (non-hydrogen) atoms. The van der Waals surface area contributed by atoms with E-state index in [9.17, 15) is 18.8 Å². The Morgan fingerprint density at radius 2 is 1.84 bits per heavy atom. The highest BCUT2D eigenvalue weighted by molar-refractivity contribution is 6.34. The predicted octanol–water partition coefficient (Wildman–Crippen LogP) is 3.52. The summed E-state index contributed by atoms with van der Waals surface area (Å²) in [6.07, 6.45) is 1.06. The number of aromatic amines is 1.